The molecule has 0 aromatic heterocycles. The number of carbonyl (C=O) groups is 2. The molecule has 0 spiro atoms. The van der Waals surface area contributed by atoms with Crippen LogP contribution in [-0.2, 0) is 16.1 Å². The summed E-state index contributed by atoms with van der Waals surface area (Å²) in [6.45, 7) is 3.81. The molecule has 0 bridgehead atoms. The number of nitrogens with zero attached hydrogens (tertiary/aromatic N) is 2. The molecular weight excluding hydrogens is 349 g/mol. The molecule has 0 radical (unpaired) electrons. The quantitative estimate of drug-likeness (QED) is 0.750. The Kier molecular flexibility index (Phi) is 7.16. The zero-order valence-electron chi connectivity index (χ0n) is 14.2. The maximum atomic E-state index is 13.6. The molecule has 8 heteroatoms. The molecule has 25 heavy (non-hydrogen) atoms. The van der Waals surface area contributed by atoms with Gasteiger partial charge in [-0.2, -0.15) is 0 Å². The van der Waals surface area contributed by atoms with Crippen molar-refractivity contribution in [2.24, 2.45) is 0 Å². The van der Waals surface area contributed by atoms with Crippen LogP contribution in [0.2, 0.25) is 5.02 Å². The molecule has 0 aliphatic carbocycles. The van der Waals surface area contributed by atoms with E-state index in [4.69, 9.17) is 16.7 Å². The van der Waals surface area contributed by atoms with Crippen molar-refractivity contribution in [2.75, 3.05) is 32.8 Å². The van der Waals surface area contributed by atoms with Crippen LogP contribution in [0.4, 0.5) is 4.39 Å². The van der Waals surface area contributed by atoms with E-state index in [1.165, 1.54) is 17.0 Å². The summed E-state index contributed by atoms with van der Waals surface area (Å²) in [6, 6.07) is 3.92. The molecule has 1 aliphatic heterocycles. The highest BCUT2D eigenvalue weighted by Gasteiger charge is 2.32. The van der Waals surface area contributed by atoms with E-state index in [9.17, 15) is 14.0 Å². The van der Waals surface area contributed by atoms with Gasteiger partial charge in [-0.1, -0.05) is 17.7 Å². The molecule has 2 rings (SSSR count). The minimum absolute atomic E-state index is 0.0236. The Labute approximate surface area is 151 Å². The Morgan fingerprint density at radius 1 is 1.52 bits per heavy atom. The molecular formula is C17H23ClFN3O3. The molecule has 2 N–H and O–H groups in total. The van der Waals surface area contributed by atoms with Crippen molar-refractivity contribution in [1.82, 2.24) is 15.1 Å². The summed E-state index contributed by atoms with van der Waals surface area (Å²) >= 11 is 5.70. The van der Waals surface area contributed by atoms with Crippen molar-refractivity contribution < 1.29 is 19.1 Å². The van der Waals surface area contributed by atoms with Gasteiger partial charge in [0.2, 0.25) is 11.8 Å². The largest absolute Gasteiger partial charge is 0.395 e. The monoisotopic (exact) mass is 371 g/mol. The minimum Gasteiger partial charge on any atom is -0.395 e. The maximum Gasteiger partial charge on any atom is 0.237 e. The Bertz CT molecular complexity index is 629. The predicted octanol–water partition coefficient (Wildman–Crippen LogP) is 1.01. The summed E-state index contributed by atoms with van der Waals surface area (Å²) < 4.78 is 13.6. The van der Waals surface area contributed by atoms with Gasteiger partial charge in [0.1, 0.15) is 5.82 Å². The van der Waals surface area contributed by atoms with Crippen LogP contribution in [0.25, 0.3) is 0 Å². The normalized spacial score (nSPS) is 18.1. The number of hydrogen-bond acceptors (Lipinski definition) is 4. The van der Waals surface area contributed by atoms with Gasteiger partial charge in [-0.05, 0) is 24.6 Å². The second-order valence-electron chi connectivity index (χ2n) is 5.93. The first kappa shape index (κ1) is 19.6. The van der Waals surface area contributed by atoms with E-state index in [0.717, 1.165) is 0 Å². The van der Waals surface area contributed by atoms with Crippen LogP contribution in [0.3, 0.4) is 0 Å². The summed E-state index contributed by atoms with van der Waals surface area (Å²) in [5.41, 5.74) is 0.691. The van der Waals surface area contributed by atoms with Gasteiger partial charge in [0.15, 0.2) is 0 Å². The summed E-state index contributed by atoms with van der Waals surface area (Å²) in [5, 5.41) is 11.9. The van der Waals surface area contributed by atoms with E-state index in [2.05, 4.69) is 5.32 Å². The van der Waals surface area contributed by atoms with Crippen LogP contribution >= 0.6 is 11.6 Å². The third-order valence-corrected chi connectivity index (χ3v) is 4.59. The Balaban J connectivity index is 2.10. The van der Waals surface area contributed by atoms with E-state index >= 15 is 0 Å². The number of hydrogen-bond donors (Lipinski definition) is 2. The Morgan fingerprint density at radius 3 is 2.92 bits per heavy atom. The molecule has 1 aliphatic rings. The number of carbonyl (C=O) groups excluding carboxylic acids is 2. The molecule has 2 amide bonds. The van der Waals surface area contributed by atoms with Crippen molar-refractivity contribution in [3.63, 3.8) is 0 Å². The zero-order chi connectivity index (χ0) is 18.4. The van der Waals surface area contributed by atoms with E-state index in [1.807, 2.05) is 11.8 Å². The van der Waals surface area contributed by atoms with Crippen LogP contribution in [0.15, 0.2) is 18.2 Å². The van der Waals surface area contributed by atoms with Gasteiger partial charge in [-0.3, -0.25) is 14.5 Å². The van der Waals surface area contributed by atoms with E-state index in [1.54, 1.807) is 6.07 Å². The number of aliphatic hydroxyl groups is 1. The van der Waals surface area contributed by atoms with E-state index in [0.29, 0.717) is 31.7 Å². The SMILES string of the molecule is CCN(CCO)C(=O)CC1C(=O)NCCN1Cc1ccc(Cl)c(F)c1. The smallest absolute Gasteiger partial charge is 0.237 e. The highest BCUT2D eigenvalue weighted by Crippen LogP contribution is 2.19. The van der Waals surface area contributed by atoms with Crippen molar-refractivity contribution in [1.29, 1.82) is 0 Å². The summed E-state index contributed by atoms with van der Waals surface area (Å²) in [5.74, 6) is -0.909. The first-order valence-electron chi connectivity index (χ1n) is 8.30. The number of nitrogens with one attached hydrogen (secondary N) is 1. The lowest BCUT2D eigenvalue weighted by molar-refractivity contribution is -0.139. The molecule has 1 unspecified atom stereocenters. The molecule has 1 atom stereocenters. The molecule has 1 heterocycles. The second-order valence-corrected chi connectivity index (χ2v) is 6.33. The Morgan fingerprint density at radius 2 is 2.28 bits per heavy atom. The minimum atomic E-state index is -0.618. The van der Waals surface area contributed by atoms with Gasteiger partial charge in [0, 0.05) is 32.7 Å². The van der Waals surface area contributed by atoms with E-state index < -0.39 is 11.9 Å². The zero-order valence-corrected chi connectivity index (χ0v) is 14.9. The van der Waals surface area contributed by atoms with Crippen LogP contribution in [0.5, 0.6) is 0 Å². The molecule has 1 fully saturated rings. The van der Waals surface area contributed by atoms with Crippen LogP contribution in [0, 0.1) is 5.82 Å². The highest BCUT2D eigenvalue weighted by atomic mass is 35.5. The van der Waals surface area contributed by atoms with Gasteiger partial charge in [-0.15, -0.1) is 0 Å². The van der Waals surface area contributed by atoms with Crippen molar-refractivity contribution in [3.05, 3.63) is 34.6 Å². The molecule has 1 aromatic rings. The van der Waals surface area contributed by atoms with Crippen LogP contribution in [-0.4, -0.2) is 65.5 Å². The standard InChI is InChI=1S/C17H23ClFN3O3/c1-2-21(7-8-23)16(24)10-15-17(25)20-5-6-22(15)11-12-3-4-13(18)14(19)9-12/h3-4,9,15,23H,2,5-8,10-11H2,1H3,(H,20,25). The number of aliphatic hydroxyl groups excluding tert-OH is 1. The van der Waals surface area contributed by atoms with Gasteiger partial charge in [0.25, 0.3) is 0 Å². The lowest BCUT2D eigenvalue weighted by Gasteiger charge is -2.35. The second kappa shape index (κ2) is 9.12. The molecule has 1 saturated heterocycles. The third kappa shape index (κ3) is 5.14. The molecule has 6 nitrogen and oxygen atoms in total. The van der Waals surface area contributed by atoms with Gasteiger partial charge in [-0.25, -0.2) is 4.39 Å². The van der Waals surface area contributed by atoms with Gasteiger partial charge >= 0.3 is 0 Å². The number of rotatable bonds is 7. The predicted molar refractivity (Wildman–Crippen MR) is 92.6 cm³/mol. The van der Waals surface area contributed by atoms with E-state index in [-0.39, 0.29) is 36.4 Å². The number of piperazine rings is 1. The van der Waals surface area contributed by atoms with Crippen LogP contribution < -0.4 is 5.32 Å². The van der Waals surface area contributed by atoms with Gasteiger partial charge < -0.3 is 15.3 Å². The number of benzene rings is 1. The molecule has 0 saturated carbocycles. The Hall–Kier alpha value is -1.70. The lowest BCUT2D eigenvalue weighted by atomic mass is 10.1. The fourth-order valence-corrected chi connectivity index (χ4v) is 3.04. The van der Waals surface area contributed by atoms with Crippen molar-refractivity contribution in [2.45, 2.75) is 25.9 Å². The summed E-state index contributed by atoms with van der Waals surface area (Å²) in [4.78, 5) is 28.0. The number of halogens is 2. The summed E-state index contributed by atoms with van der Waals surface area (Å²) in [6.07, 6.45) is 0.0236. The first-order valence-corrected chi connectivity index (χ1v) is 8.68. The lowest BCUT2D eigenvalue weighted by Crippen LogP contribution is -2.56. The highest BCUT2D eigenvalue weighted by molar-refractivity contribution is 6.30. The topological polar surface area (TPSA) is 72.9 Å². The average molecular weight is 372 g/mol. The molecule has 1 aromatic carbocycles. The average Bonchev–Trinajstić information content (AvgIpc) is 2.59. The third-order valence-electron chi connectivity index (χ3n) is 4.28. The number of likely N-dealkylation sites (N-methyl/N-ethyl adjacent to an activating group) is 1. The summed E-state index contributed by atoms with van der Waals surface area (Å²) in [7, 11) is 0. The maximum absolute atomic E-state index is 13.6. The fourth-order valence-electron chi connectivity index (χ4n) is 2.92. The first-order chi connectivity index (χ1) is 12.0. The number of amides is 2. The van der Waals surface area contributed by atoms with Crippen molar-refractivity contribution >= 4 is 23.4 Å². The van der Waals surface area contributed by atoms with Crippen molar-refractivity contribution in [3.8, 4) is 0 Å². The van der Waals surface area contributed by atoms with Gasteiger partial charge in [0.05, 0.1) is 24.1 Å². The fraction of sp³-hybridized carbons (Fsp3) is 0.529. The van der Waals surface area contributed by atoms with Crippen LogP contribution in [0.1, 0.15) is 18.9 Å². The molecule has 138 valence electrons.